The number of unbranched alkanes of at least 4 members (excludes halogenated alkanes) is 3. The second kappa shape index (κ2) is 10.8. The summed E-state index contributed by atoms with van der Waals surface area (Å²) in [6.07, 6.45) is 12.2. The van der Waals surface area contributed by atoms with Gasteiger partial charge in [-0.3, -0.25) is 0 Å². The van der Waals surface area contributed by atoms with Gasteiger partial charge in [0.2, 0.25) is 0 Å². The Kier molecular flexibility index (Phi) is 10.8. The van der Waals surface area contributed by atoms with Gasteiger partial charge in [-0.1, -0.05) is 72.6 Å². The van der Waals surface area contributed by atoms with Crippen molar-refractivity contribution in [3.63, 3.8) is 0 Å². The highest BCUT2D eigenvalue weighted by atomic mass is 16.3. The molecule has 0 N–H and O–H groups in total. The lowest BCUT2D eigenvalue weighted by atomic mass is 9.75. The Balaban J connectivity index is 4.59. The first-order chi connectivity index (χ1) is 8.64. The summed E-state index contributed by atoms with van der Waals surface area (Å²) in [6.45, 7) is 8.84. The van der Waals surface area contributed by atoms with Gasteiger partial charge in [0.25, 0.3) is 0 Å². The molecule has 0 rings (SSSR count). The van der Waals surface area contributed by atoms with Gasteiger partial charge in [0, 0.05) is 0 Å². The van der Waals surface area contributed by atoms with Crippen LogP contribution in [-0.4, -0.2) is 5.60 Å². The van der Waals surface area contributed by atoms with Crippen LogP contribution < -0.4 is 0 Å². The van der Waals surface area contributed by atoms with Crippen LogP contribution in [0.1, 0.15) is 98.3 Å². The van der Waals surface area contributed by atoms with Crippen molar-refractivity contribution in [1.29, 1.82) is 0 Å². The summed E-state index contributed by atoms with van der Waals surface area (Å²) in [5.41, 5.74) is -0.628. The molecular weight excluding hydrogens is 220 g/mol. The fraction of sp³-hybridized carbons (Fsp3) is 1.00. The minimum Gasteiger partial charge on any atom is -0.229 e. The number of hydrogen-bond donors (Lipinski definition) is 0. The third kappa shape index (κ3) is 6.78. The third-order valence-electron chi connectivity index (χ3n) is 4.19. The molecule has 18 heavy (non-hydrogen) atoms. The summed E-state index contributed by atoms with van der Waals surface area (Å²) in [4.78, 5) is 0. The van der Waals surface area contributed by atoms with Crippen LogP contribution in [-0.2, 0) is 5.11 Å². The quantitative estimate of drug-likeness (QED) is 0.399. The van der Waals surface area contributed by atoms with Crippen LogP contribution in [0.4, 0.5) is 0 Å². The van der Waals surface area contributed by atoms with Crippen molar-refractivity contribution in [2.24, 2.45) is 5.92 Å². The average molecular weight is 255 g/mol. The predicted molar refractivity (Wildman–Crippen MR) is 80.4 cm³/mol. The molecule has 1 atom stereocenters. The fourth-order valence-electron chi connectivity index (χ4n) is 2.95. The van der Waals surface area contributed by atoms with E-state index in [4.69, 9.17) is 0 Å². The Hall–Kier alpha value is -0.0400. The molecule has 0 bridgehead atoms. The molecule has 0 saturated heterocycles. The smallest absolute Gasteiger partial charge is 0.106 e. The minimum absolute atomic E-state index is 0.417. The van der Waals surface area contributed by atoms with Crippen LogP contribution in [0.5, 0.6) is 0 Å². The molecule has 0 aliphatic rings. The fourth-order valence-corrected chi connectivity index (χ4v) is 2.95. The molecule has 0 spiro atoms. The zero-order chi connectivity index (χ0) is 13.9. The summed E-state index contributed by atoms with van der Waals surface area (Å²) in [5.74, 6) is 0.417. The van der Waals surface area contributed by atoms with Gasteiger partial charge >= 0.3 is 0 Å². The van der Waals surface area contributed by atoms with Crippen molar-refractivity contribution in [2.45, 2.75) is 104 Å². The second-order valence-corrected chi connectivity index (χ2v) is 5.90. The van der Waals surface area contributed by atoms with Crippen LogP contribution in [0.25, 0.3) is 0 Å². The van der Waals surface area contributed by atoms with E-state index in [0.29, 0.717) is 5.92 Å². The number of hydrogen-bond acceptors (Lipinski definition) is 0. The Bertz CT molecular complexity index is 168. The normalized spacial score (nSPS) is 13.8. The molecule has 0 amide bonds. The van der Waals surface area contributed by atoms with Gasteiger partial charge in [-0.2, -0.15) is 0 Å². The Morgan fingerprint density at radius 3 is 1.61 bits per heavy atom. The van der Waals surface area contributed by atoms with E-state index in [9.17, 15) is 5.11 Å². The maximum Gasteiger partial charge on any atom is 0.106 e. The molecule has 0 aromatic rings. The van der Waals surface area contributed by atoms with Gasteiger partial charge in [0.05, 0.1) is 0 Å². The highest BCUT2D eigenvalue weighted by Crippen LogP contribution is 2.36. The maximum atomic E-state index is 13.2. The summed E-state index contributed by atoms with van der Waals surface area (Å²) < 4.78 is 0. The van der Waals surface area contributed by atoms with Crippen LogP contribution in [0.2, 0.25) is 0 Å². The van der Waals surface area contributed by atoms with Gasteiger partial charge in [0.15, 0.2) is 0 Å². The Morgan fingerprint density at radius 2 is 1.22 bits per heavy atom. The molecule has 0 saturated carbocycles. The highest BCUT2D eigenvalue weighted by molar-refractivity contribution is 4.86. The molecular formula is C17H35O. The van der Waals surface area contributed by atoms with Crippen molar-refractivity contribution >= 4 is 0 Å². The zero-order valence-corrected chi connectivity index (χ0v) is 13.3. The van der Waals surface area contributed by atoms with Gasteiger partial charge in [-0.25, -0.2) is 5.11 Å². The van der Waals surface area contributed by atoms with Gasteiger partial charge in [-0.05, 0) is 31.6 Å². The van der Waals surface area contributed by atoms with E-state index in [1.54, 1.807) is 0 Å². The Labute approximate surface area is 115 Å². The van der Waals surface area contributed by atoms with Crippen molar-refractivity contribution < 1.29 is 5.11 Å². The number of rotatable bonds is 12. The summed E-state index contributed by atoms with van der Waals surface area (Å²) in [6, 6.07) is 0. The molecule has 1 nitrogen and oxygen atoms in total. The van der Waals surface area contributed by atoms with Crippen molar-refractivity contribution in [3.05, 3.63) is 0 Å². The highest BCUT2D eigenvalue weighted by Gasteiger charge is 2.36. The molecule has 109 valence electrons. The Morgan fingerprint density at radius 1 is 0.722 bits per heavy atom. The minimum atomic E-state index is -0.628. The first kappa shape index (κ1) is 18.0. The van der Waals surface area contributed by atoms with Gasteiger partial charge in [0.1, 0.15) is 5.60 Å². The predicted octanol–water partition coefficient (Wildman–Crippen LogP) is 6.14. The van der Waals surface area contributed by atoms with Crippen LogP contribution >= 0.6 is 0 Å². The van der Waals surface area contributed by atoms with Gasteiger partial charge < -0.3 is 0 Å². The lowest BCUT2D eigenvalue weighted by Gasteiger charge is -2.34. The lowest BCUT2D eigenvalue weighted by Crippen LogP contribution is -2.36. The zero-order valence-electron chi connectivity index (χ0n) is 13.3. The summed E-state index contributed by atoms with van der Waals surface area (Å²) in [7, 11) is 0. The molecule has 1 radical (unpaired) electrons. The van der Waals surface area contributed by atoms with E-state index in [1.807, 2.05) is 0 Å². The summed E-state index contributed by atoms with van der Waals surface area (Å²) in [5, 5.41) is 13.2. The van der Waals surface area contributed by atoms with E-state index in [-0.39, 0.29) is 0 Å². The van der Waals surface area contributed by atoms with Crippen LogP contribution in [0.15, 0.2) is 0 Å². The molecule has 1 heteroatoms. The topological polar surface area (TPSA) is 19.9 Å². The van der Waals surface area contributed by atoms with Crippen molar-refractivity contribution in [3.8, 4) is 0 Å². The third-order valence-corrected chi connectivity index (χ3v) is 4.19. The molecule has 0 aliphatic heterocycles. The monoisotopic (exact) mass is 255 g/mol. The van der Waals surface area contributed by atoms with E-state index >= 15 is 0 Å². The molecule has 0 fully saturated rings. The SMILES string of the molecule is CCCCC(CCC)C([O])(CCCC)CCCC. The maximum absolute atomic E-state index is 13.2. The van der Waals surface area contributed by atoms with Crippen molar-refractivity contribution in [2.75, 3.05) is 0 Å². The first-order valence-corrected chi connectivity index (χ1v) is 8.34. The molecule has 0 aromatic heterocycles. The van der Waals surface area contributed by atoms with Crippen LogP contribution in [0.3, 0.4) is 0 Å². The van der Waals surface area contributed by atoms with E-state index < -0.39 is 5.60 Å². The van der Waals surface area contributed by atoms with Crippen LogP contribution in [0, 0.1) is 5.92 Å². The van der Waals surface area contributed by atoms with Gasteiger partial charge in [-0.15, -0.1) is 0 Å². The van der Waals surface area contributed by atoms with Crippen molar-refractivity contribution in [1.82, 2.24) is 0 Å². The standard InChI is InChI=1S/C17H35O/c1-5-9-13-16(12-8-4)17(18,14-10-6-2)15-11-7-3/h16H,5-15H2,1-4H3. The lowest BCUT2D eigenvalue weighted by molar-refractivity contribution is -0.0989. The van der Waals surface area contributed by atoms with E-state index in [1.165, 1.54) is 12.8 Å². The molecule has 0 aromatic carbocycles. The van der Waals surface area contributed by atoms with E-state index in [2.05, 4.69) is 27.7 Å². The first-order valence-electron chi connectivity index (χ1n) is 8.34. The second-order valence-electron chi connectivity index (χ2n) is 5.90. The molecule has 0 aliphatic carbocycles. The molecule has 0 heterocycles. The largest absolute Gasteiger partial charge is 0.229 e. The summed E-state index contributed by atoms with van der Waals surface area (Å²) >= 11 is 0. The average Bonchev–Trinajstić information content (AvgIpc) is 2.38. The molecule has 1 unspecified atom stereocenters. The van der Waals surface area contributed by atoms with E-state index in [0.717, 1.165) is 57.8 Å².